The zero-order chi connectivity index (χ0) is 50.6. The van der Waals surface area contributed by atoms with Crippen LogP contribution in [0.4, 0.5) is 22.9 Å². The summed E-state index contributed by atoms with van der Waals surface area (Å²) in [6.07, 6.45) is 3.83. The van der Waals surface area contributed by atoms with E-state index >= 15 is 0 Å². The van der Waals surface area contributed by atoms with Crippen molar-refractivity contribution in [1.29, 1.82) is 0 Å². The summed E-state index contributed by atoms with van der Waals surface area (Å²) < 4.78 is 11.9. The average molecular weight is 979 g/mol. The van der Waals surface area contributed by atoms with Gasteiger partial charge < -0.3 is 19.1 Å². The third-order valence-electron chi connectivity index (χ3n) is 15.6. The van der Waals surface area contributed by atoms with Gasteiger partial charge in [0, 0.05) is 74.0 Å². The van der Waals surface area contributed by atoms with Crippen LogP contribution in [0.1, 0.15) is 26.3 Å². The number of benzene rings is 9. The molecular formula is C69H50N6O. The molecule has 0 N–H and O–H groups in total. The van der Waals surface area contributed by atoms with Crippen LogP contribution >= 0.6 is 0 Å². The van der Waals surface area contributed by atoms with Gasteiger partial charge in [-0.1, -0.05) is 166 Å². The van der Waals surface area contributed by atoms with Crippen LogP contribution in [0.25, 0.3) is 99.6 Å². The largest absolute Gasteiger partial charge is 0.457 e. The summed E-state index contributed by atoms with van der Waals surface area (Å²) in [6.45, 7) is 7.33. The van der Waals surface area contributed by atoms with Gasteiger partial charge >= 0.3 is 0 Å². The number of nitrogens with zero attached hydrogens (tertiary/aromatic N) is 6. The van der Waals surface area contributed by atoms with Crippen LogP contribution in [0.2, 0.25) is 0 Å². The van der Waals surface area contributed by atoms with Crippen LogP contribution in [0.3, 0.4) is 0 Å². The monoisotopic (exact) mass is 978 g/mol. The molecule has 15 rings (SSSR count). The van der Waals surface area contributed by atoms with E-state index in [1.165, 1.54) is 55.0 Å². The highest BCUT2D eigenvalue weighted by Crippen LogP contribution is 2.53. The molecule has 0 aliphatic carbocycles. The van der Waals surface area contributed by atoms with Crippen LogP contribution < -0.4 is 14.5 Å². The molecule has 0 fully saturated rings. The van der Waals surface area contributed by atoms with Crippen molar-refractivity contribution in [3.05, 3.63) is 242 Å². The van der Waals surface area contributed by atoms with Gasteiger partial charge in [0.25, 0.3) is 0 Å². The van der Waals surface area contributed by atoms with Crippen LogP contribution in [0.15, 0.2) is 237 Å². The second-order valence-electron chi connectivity index (χ2n) is 21.0. The van der Waals surface area contributed by atoms with Crippen LogP contribution in [-0.4, -0.2) is 25.8 Å². The van der Waals surface area contributed by atoms with Crippen molar-refractivity contribution in [3.8, 4) is 67.5 Å². The number of hydrogen-bond acceptors (Lipinski definition) is 5. The van der Waals surface area contributed by atoms with Gasteiger partial charge in [-0.25, -0.2) is 9.97 Å². The summed E-state index contributed by atoms with van der Waals surface area (Å²) >= 11 is 0. The molecule has 4 aromatic heterocycles. The first kappa shape index (κ1) is 43.8. The highest BCUT2D eigenvalue weighted by molar-refractivity contribution is 6.23. The molecule has 0 saturated carbocycles. The molecular weight excluding hydrogens is 929 g/mol. The Balaban J connectivity index is 0.880. The molecule has 0 spiro atoms. The Kier molecular flexibility index (Phi) is 9.75. The minimum Gasteiger partial charge on any atom is -0.457 e. The minimum absolute atomic E-state index is 0.0870. The predicted molar refractivity (Wildman–Crippen MR) is 313 cm³/mol. The van der Waals surface area contributed by atoms with Gasteiger partial charge in [0.05, 0.1) is 39.1 Å². The Morgan fingerprint density at radius 1 is 0.434 bits per heavy atom. The Hall–Kier alpha value is -9.72. The summed E-state index contributed by atoms with van der Waals surface area (Å²) in [5, 5.41) is 4.79. The molecule has 0 unspecified atom stereocenters. The first-order valence-electron chi connectivity index (χ1n) is 26.1. The van der Waals surface area contributed by atoms with Gasteiger partial charge in [0.2, 0.25) is 0 Å². The molecule has 0 amide bonds. The van der Waals surface area contributed by atoms with Gasteiger partial charge in [-0.15, -0.1) is 0 Å². The molecule has 2 aliphatic heterocycles. The fourth-order valence-electron chi connectivity index (χ4n) is 12.1. The molecule has 0 saturated heterocycles. The van der Waals surface area contributed by atoms with E-state index in [1.807, 2.05) is 24.5 Å². The number of hydrogen-bond donors (Lipinski definition) is 0. The fraction of sp³-hybridized carbons (Fsp3) is 0.0725. The maximum atomic E-state index is 7.01. The summed E-state index contributed by atoms with van der Waals surface area (Å²) in [5.74, 6) is 3.19. The van der Waals surface area contributed by atoms with Crippen LogP contribution in [-0.2, 0) is 5.41 Å². The topological polar surface area (TPSA) is 51.4 Å². The number of anilines is 4. The van der Waals surface area contributed by atoms with Gasteiger partial charge in [-0.2, -0.15) is 0 Å². The van der Waals surface area contributed by atoms with Crippen molar-refractivity contribution in [2.24, 2.45) is 0 Å². The average Bonchev–Trinajstić information content (AvgIpc) is 4.32. The SMILES string of the molecule is CC(C)(C)c1ccnc(-n2c3cc(Oc4cccc(N5CN(c6c(-c7ccccc7)cccc6-c6ccccc6)c6cccnc65)c4)ccc3c3c4c(ccc32)-n2c3ccccc3c3cccc(c32)-c2ccccc2-4)c1. The van der Waals surface area contributed by atoms with Crippen molar-refractivity contribution < 1.29 is 4.74 Å². The van der Waals surface area contributed by atoms with E-state index in [2.05, 4.69) is 252 Å². The quantitative estimate of drug-likeness (QED) is 0.159. The molecule has 13 aromatic rings. The van der Waals surface area contributed by atoms with E-state index in [0.717, 1.165) is 84.6 Å². The zero-order valence-corrected chi connectivity index (χ0v) is 42.3. The second kappa shape index (κ2) is 16.9. The highest BCUT2D eigenvalue weighted by atomic mass is 16.5. The summed E-state index contributed by atoms with van der Waals surface area (Å²) in [7, 11) is 0. The molecule has 7 nitrogen and oxygen atoms in total. The molecule has 362 valence electrons. The Morgan fingerprint density at radius 3 is 1.92 bits per heavy atom. The molecule has 7 heteroatoms. The first-order valence-corrected chi connectivity index (χ1v) is 26.1. The molecule has 0 bridgehead atoms. The smallest absolute Gasteiger partial charge is 0.158 e. The summed E-state index contributed by atoms with van der Waals surface area (Å²) in [6, 6.07) is 80.6. The second-order valence-corrected chi connectivity index (χ2v) is 21.0. The van der Waals surface area contributed by atoms with Crippen molar-refractivity contribution in [2.45, 2.75) is 26.2 Å². The molecule has 9 aromatic carbocycles. The van der Waals surface area contributed by atoms with E-state index in [0.29, 0.717) is 6.67 Å². The van der Waals surface area contributed by atoms with E-state index in [1.54, 1.807) is 0 Å². The lowest BCUT2D eigenvalue weighted by atomic mass is 9.88. The number of aromatic nitrogens is 4. The Labute approximate surface area is 440 Å². The highest BCUT2D eigenvalue weighted by Gasteiger charge is 2.33. The number of rotatable bonds is 7. The van der Waals surface area contributed by atoms with E-state index in [9.17, 15) is 0 Å². The number of pyridine rings is 2. The maximum Gasteiger partial charge on any atom is 0.158 e. The van der Waals surface area contributed by atoms with Gasteiger partial charge in [-0.05, 0) is 100.0 Å². The third kappa shape index (κ3) is 6.75. The Bertz CT molecular complexity index is 4410. The summed E-state index contributed by atoms with van der Waals surface area (Å²) in [5.41, 5.74) is 19.4. The van der Waals surface area contributed by atoms with Crippen molar-refractivity contribution in [3.63, 3.8) is 0 Å². The Morgan fingerprint density at radius 2 is 1.12 bits per heavy atom. The van der Waals surface area contributed by atoms with E-state index < -0.39 is 0 Å². The number of para-hydroxylation sites is 3. The number of fused-ring (bicyclic) bond motifs is 13. The van der Waals surface area contributed by atoms with Gasteiger partial charge in [0.15, 0.2) is 5.82 Å². The molecule has 0 radical (unpaired) electrons. The van der Waals surface area contributed by atoms with Crippen LogP contribution in [0.5, 0.6) is 11.5 Å². The minimum atomic E-state index is -0.0870. The molecule has 0 atom stereocenters. The standard InChI is InChI=1S/C69H50N6O/c1-69(2,3)46-37-39-70-63(40-46)74-59-35-36-60-64(54-26-11-10-24-52(54)55-29-16-30-56-53-25-12-13-31-58(53)75(60)67(55)56)65(59)57-34-33-49(42-62(57)74)76-48-23-14-22-47(41-48)72-43-73(61-32-17-38-71-68(61)72)66-50(44-18-6-4-7-19-44)27-15-28-51(66)45-20-8-5-9-21-45/h4-42H,43H2,1-3H3. The predicted octanol–water partition coefficient (Wildman–Crippen LogP) is 18.0. The van der Waals surface area contributed by atoms with Crippen molar-refractivity contribution >= 4 is 66.5 Å². The normalized spacial score (nSPS) is 12.8. The molecule has 2 aliphatic rings. The van der Waals surface area contributed by atoms with Gasteiger partial charge in [0.1, 0.15) is 24.0 Å². The summed E-state index contributed by atoms with van der Waals surface area (Å²) in [4.78, 5) is 14.9. The lowest BCUT2D eigenvalue weighted by Gasteiger charge is -2.27. The lowest BCUT2D eigenvalue weighted by molar-refractivity contribution is 0.483. The fourth-order valence-corrected chi connectivity index (χ4v) is 12.1. The van der Waals surface area contributed by atoms with Gasteiger partial charge in [-0.3, -0.25) is 4.57 Å². The van der Waals surface area contributed by atoms with E-state index in [-0.39, 0.29) is 5.41 Å². The lowest BCUT2D eigenvalue weighted by Crippen LogP contribution is -2.25. The van der Waals surface area contributed by atoms with Crippen LogP contribution in [0, 0.1) is 0 Å². The third-order valence-corrected chi connectivity index (χ3v) is 15.6. The van der Waals surface area contributed by atoms with Crippen molar-refractivity contribution in [2.75, 3.05) is 16.5 Å². The van der Waals surface area contributed by atoms with E-state index in [4.69, 9.17) is 14.7 Å². The zero-order valence-electron chi connectivity index (χ0n) is 42.3. The van der Waals surface area contributed by atoms with Crippen molar-refractivity contribution in [1.82, 2.24) is 19.1 Å². The molecule has 6 heterocycles. The first-order chi connectivity index (χ1) is 37.4. The molecule has 76 heavy (non-hydrogen) atoms. The number of ether oxygens (including phenoxy) is 1. The maximum absolute atomic E-state index is 7.01.